The zero-order valence-corrected chi connectivity index (χ0v) is 14.1. The Hall–Kier alpha value is -2.10. The van der Waals surface area contributed by atoms with Crippen LogP contribution in [-0.4, -0.2) is 23.5 Å². The zero-order chi connectivity index (χ0) is 16.8. The molecule has 2 atom stereocenters. The molecule has 4 heteroatoms. The summed E-state index contributed by atoms with van der Waals surface area (Å²) in [7, 11) is 0. The lowest BCUT2D eigenvalue weighted by Crippen LogP contribution is -2.35. The number of imide groups is 1. The molecule has 0 N–H and O–H groups in total. The highest BCUT2D eigenvalue weighted by atomic mass is 16.6. The molecule has 1 saturated heterocycles. The average molecular weight is 315 g/mol. The Morgan fingerprint density at radius 3 is 2.70 bits per heavy atom. The normalized spacial score (nSPS) is 18.5. The molecule has 1 fully saturated rings. The molecule has 0 aliphatic carbocycles. The third kappa shape index (κ3) is 4.68. The van der Waals surface area contributed by atoms with Crippen molar-refractivity contribution in [2.24, 2.45) is 5.92 Å². The van der Waals surface area contributed by atoms with Crippen molar-refractivity contribution in [2.45, 2.75) is 46.1 Å². The zero-order valence-electron chi connectivity index (χ0n) is 14.1. The Balaban J connectivity index is 1.99. The van der Waals surface area contributed by atoms with E-state index in [0.29, 0.717) is 6.42 Å². The van der Waals surface area contributed by atoms with Gasteiger partial charge in [0.1, 0.15) is 12.6 Å². The number of hydrogen-bond donors (Lipinski definition) is 0. The molecular formula is C19H25NO3. The van der Waals surface area contributed by atoms with Gasteiger partial charge in [0.25, 0.3) is 0 Å². The van der Waals surface area contributed by atoms with E-state index in [1.54, 1.807) is 0 Å². The second-order valence-corrected chi connectivity index (χ2v) is 6.44. The summed E-state index contributed by atoms with van der Waals surface area (Å²) >= 11 is 0. The van der Waals surface area contributed by atoms with E-state index < -0.39 is 6.09 Å². The molecule has 0 unspecified atom stereocenters. The summed E-state index contributed by atoms with van der Waals surface area (Å²) < 4.78 is 5.10. The Bertz CT molecular complexity index is 576. The van der Waals surface area contributed by atoms with Crippen LogP contribution in [0.15, 0.2) is 42.0 Å². The molecule has 1 aliphatic rings. The lowest BCUT2D eigenvalue weighted by Gasteiger charge is -2.21. The second kappa shape index (κ2) is 7.95. The van der Waals surface area contributed by atoms with E-state index in [0.717, 1.165) is 18.4 Å². The molecule has 23 heavy (non-hydrogen) atoms. The van der Waals surface area contributed by atoms with Gasteiger partial charge in [-0.3, -0.25) is 4.79 Å². The highest BCUT2D eigenvalue weighted by Crippen LogP contribution is 2.29. The summed E-state index contributed by atoms with van der Waals surface area (Å²) in [4.78, 5) is 25.8. The van der Waals surface area contributed by atoms with Crippen LogP contribution < -0.4 is 0 Å². The van der Waals surface area contributed by atoms with Crippen LogP contribution in [0.4, 0.5) is 4.79 Å². The highest BCUT2D eigenvalue weighted by molar-refractivity contribution is 5.93. The molecule has 2 amide bonds. The minimum absolute atomic E-state index is 0.147. The van der Waals surface area contributed by atoms with Gasteiger partial charge in [-0.2, -0.15) is 0 Å². The summed E-state index contributed by atoms with van der Waals surface area (Å²) in [5.74, 6) is 0.0916. The van der Waals surface area contributed by atoms with E-state index in [1.807, 2.05) is 30.3 Å². The number of hydrogen-bond acceptors (Lipinski definition) is 3. The Labute approximate surface area is 138 Å². The summed E-state index contributed by atoms with van der Waals surface area (Å²) in [5, 5.41) is 0. The van der Waals surface area contributed by atoms with E-state index in [9.17, 15) is 9.59 Å². The van der Waals surface area contributed by atoms with Crippen LogP contribution in [0.2, 0.25) is 0 Å². The largest absolute Gasteiger partial charge is 0.446 e. The summed E-state index contributed by atoms with van der Waals surface area (Å²) in [6.45, 7) is 6.43. The predicted molar refractivity (Wildman–Crippen MR) is 89.8 cm³/mol. The fourth-order valence-corrected chi connectivity index (χ4v) is 2.77. The molecule has 1 heterocycles. The van der Waals surface area contributed by atoms with Gasteiger partial charge in [-0.15, -0.1) is 0 Å². The first-order valence-electron chi connectivity index (χ1n) is 8.16. The van der Waals surface area contributed by atoms with Crippen LogP contribution >= 0.6 is 0 Å². The van der Waals surface area contributed by atoms with E-state index in [2.05, 4.69) is 26.8 Å². The highest BCUT2D eigenvalue weighted by Gasteiger charge is 2.38. The third-order valence-electron chi connectivity index (χ3n) is 4.06. The summed E-state index contributed by atoms with van der Waals surface area (Å²) in [5.41, 5.74) is 2.22. The molecule has 2 rings (SSSR count). The number of ether oxygens (including phenoxy) is 1. The number of carbonyl (C=O) groups is 2. The molecule has 0 saturated carbocycles. The first-order valence-corrected chi connectivity index (χ1v) is 8.16. The molecule has 0 spiro atoms. The lowest BCUT2D eigenvalue weighted by atomic mass is 9.99. The number of amides is 2. The van der Waals surface area contributed by atoms with Crippen LogP contribution in [0.3, 0.4) is 0 Å². The van der Waals surface area contributed by atoms with Gasteiger partial charge in [0.15, 0.2) is 0 Å². The molecule has 1 aliphatic heterocycles. The van der Waals surface area contributed by atoms with Crippen molar-refractivity contribution in [3.05, 3.63) is 47.5 Å². The minimum Gasteiger partial charge on any atom is -0.446 e. The second-order valence-electron chi connectivity index (χ2n) is 6.44. The molecule has 0 radical (unpaired) electrons. The van der Waals surface area contributed by atoms with Gasteiger partial charge >= 0.3 is 6.09 Å². The maximum Gasteiger partial charge on any atom is 0.417 e. The van der Waals surface area contributed by atoms with Crippen LogP contribution in [0.25, 0.3) is 0 Å². The fourth-order valence-electron chi connectivity index (χ4n) is 2.77. The quantitative estimate of drug-likeness (QED) is 0.727. The van der Waals surface area contributed by atoms with Gasteiger partial charge in [0.2, 0.25) is 5.91 Å². The van der Waals surface area contributed by atoms with Crippen molar-refractivity contribution in [2.75, 3.05) is 6.61 Å². The molecule has 124 valence electrons. The van der Waals surface area contributed by atoms with Crippen molar-refractivity contribution in [3.63, 3.8) is 0 Å². The molecule has 0 bridgehead atoms. The van der Waals surface area contributed by atoms with Gasteiger partial charge in [0, 0.05) is 6.42 Å². The van der Waals surface area contributed by atoms with E-state index in [4.69, 9.17) is 4.74 Å². The lowest BCUT2D eigenvalue weighted by molar-refractivity contribution is -0.130. The number of carbonyl (C=O) groups excluding carboxylic acids is 2. The van der Waals surface area contributed by atoms with Gasteiger partial charge < -0.3 is 4.74 Å². The van der Waals surface area contributed by atoms with Crippen molar-refractivity contribution in [1.82, 2.24) is 4.90 Å². The number of cyclic esters (lactones) is 1. The van der Waals surface area contributed by atoms with Gasteiger partial charge in [-0.25, -0.2) is 9.69 Å². The predicted octanol–water partition coefficient (Wildman–Crippen LogP) is 4.48. The Morgan fingerprint density at radius 1 is 1.35 bits per heavy atom. The Kier molecular flexibility index (Phi) is 5.97. The SMILES string of the molecule is CC(C)=CCC[C@@H](C)CC(=O)N1C(=O)OC[C@@H]1c1ccccc1. The number of benzene rings is 1. The number of nitrogens with zero attached hydrogens (tertiary/aromatic N) is 1. The van der Waals surface area contributed by atoms with E-state index >= 15 is 0 Å². The van der Waals surface area contributed by atoms with E-state index in [1.165, 1.54) is 10.5 Å². The first kappa shape index (κ1) is 17.3. The van der Waals surface area contributed by atoms with Crippen LogP contribution in [0.5, 0.6) is 0 Å². The molecule has 0 aromatic heterocycles. The fraction of sp³-hybridized carbons (Fsp3) is 0.474. The summed E-state index contributed by atoms with van der Waals surface area (Å²) in [6, 6.07) is 9.27. The molecule has 1 aromatic carbocycles. The minimum atomic E-state index is -0.527. The smallest absolute Gasteiger partial charge is 0.417 e. The molecule has 1 aromatic rings. The van der Waals surface area contributed by atoms with Gasteiger partial charge in [-0.05, 0) is 38.2 Å². The maximum absolute atomic E-state index is 12.6. The number of rotatable bonds is 6. The van der Waals surface area contributed by atoms with Crippen molar-refractivity contribution >= 4 is 12.0 Å². The van der Waals surface area contributed by atoms with Crippen molar-refractivity contribution in [3.8, 4) is 0 Å². The topological polar surface area (TPSA) is 46.6 Å². The van der Waals surface area contributed by atoms with Crippen LogP contribution in [-0.2, 0) is 9.53 Å². The van der Waals surface area contributed by atoms with Crippen molar-refractivity contribution < 1.29 is 14.3 Å². The van der Waals surface area contributed by atoms with Crippen LogP contribution in [0.1, 0.15) is 51.6 Å². The monoisotopic (exact) mass is 315 g/mol. The summed E-state index contributed by atoms with van der Waals surface area (Å²) in [6.07, 6.45) is 3.92. The van der Waals surface area contributed by atoms with Gasteiger partial charge in [0.05, 0.1) is 0 Å². The number of allylic oxidation sites excluding steroid dienone is 2. The molecule has 4 nitrogen and oxygen atoms in total. The van der Waals surface area contributed by atoms with Gasteiger partial charge in [-0.1, -0.05) is 48.9 Å². The molecular weight excluding hydrogens is 290 g/mol. The Morgan fingerprint density at radius 2 is 2.04 bits per heavy atom. The standard InChI is InChI=1S/C19H25NO3/c1-14(2)8-7-9-15(3)12-18(21)20-17(13-23-19(20)22)16-10-5-4-6-11-16/h4-6,8,10-11,15,17H,7,9,12-13H2,1-3H3/t15-,17-/m1/s1. The first-order chi connectivity index (χ1) is 11.0. The van der Waals surface area contributed by atoms with E-state index in [-0.39, 0.29) is 24.5 Å². The third-order valence-corrected chi connectivity index (χ3v) is 4.06. The van der Waals surface area contributed by atoms with Crippen molar-refractivity contribution in [1.29, 1.82) is 0 Å². The maximum atomic E-state index is 12.6. The van der Waals surface area contributed by atoms with Crippen LogP contribution in [0, 0.1) is 5.92 Å². The average Bonchev–Trinajstić information content (AvgIpc) is 2.89.